The number of nitro benzene ring substituents is 3. The van der Waals surface area contributed by atoms with Gasteiger partial charge in [-0.25, -0.2) is 0 Å². The van der Waals surface area contributed by atoms with Gasteiger partial charge in [0.1, 0.15) is 0 Å². The summed E-state index contributed by atoms with van der Waals surface area (Å²) in [6.45, 7) is 1.01. The third-order valence-electron chi connectivity index (χ3n) is 2.35. The minimum Gasteiger partial charge on any atom is -0.394 e. The number of nitro groups is 3. The molecule has 1 atom stereocenters. The number of benzene rings is 1. The Morgan fingerprint density at radius 2 is 1.55 bits per heavy atom. The normalized spacial score (nSPS) is 11.7. The molecule has 0 radical (unpaired) electrons. The highest BCUT2D eigenvalue weighted by atomic mass is 16.6. The van der Waals surface area contributed by atoms with E-state index in [0.717, 1.165) is 0 Å². The second-order valence-corrected chi connectivity index (χ2v) is 3.86. The maximum atomic E-state index is 10.9. The number of rotatable bonds is 6. The van der Waals surface area contributed by atoms with Crippen molar-refractivity contribution in [2.24, 2.45) is 0 Å². The van der Waals surface area contributed by atoms with E-state index in [1.165, 1.54) is 6.92 Å². The molecule has 0 aliphatic heterocycles. The van der Waals surface area contributed by atoms with Gasteiger partial charge in [0.05, 0.1) is 33.5 Å². The first-order valence-corrected chi connectivity index (χ1v) is 5.26. The van der Waals surface area contributed by atoms with Crippen LogP contribution in [0.15, 0.2) is 12.1 Å². The molecule has 0 saturated heterocycles. The van der Waals surface area contributed by atoms with Crippen molar-refractivity contribution in [3.8, 4) is 0 Å². The van der Waals surface area contributed by atoms with E-state index >= 15 is 0 Å². The number of nitrogens with zero attached hydrogens (tertiary/aromatic N) is 3. The van der Waals surface area contributed by atoms with Crippen LogP contribution in [0.2, 0.25) is 0 Å². The zero-order chi connectivity index (χ0) is 15.4. The summed E-state index contributed by atoms with van der Waals surface area (Å²) in [5, 5.41) is 43.7. The topological polar surface area (TPSA) is 162 Å². The number of aliphatic hydroxyl groups excluding tert-OH is 1. The van der Waals surface area contributed by atoms with Gasteiger partial charge in [0.2, 0.25) is 0 Å². The van der Waals surface area contributed by atoms with Crippen LogP contribution in [0, 0.1) is 30.3 Å². The van der Waals surface area contributed by atoms with Crippen LogP contribution in [-0.2, 0) is 0 Å². The fourth-order valence-corrected chi connectivity index (χ4v) is 1.43. The van der Waals surface area contributed by atoms with Crippen LogP contribution in [-0.4, -0.2) is 32.5 Å². The second-order valence-electron chi connectivity index (χ2n) is 3.86. The van der Waals surface area contributed by atoms with Gasteiger partial charge in [-0.3, -0.25) is 30.3 Å². The van der Waals surface area contributed by atoms with Gasteiger partial charge in [-0.2, -0.15) is 0 Å². The molecule has 0 aromatic heterocycles. The van der Waals surface area contributed by atoms with E-state index in [1.807, 2.05) is 0 Å². The van der Waals surface area contributed by atoms with Gasteiger partial charge in [-0.1, -0.05) is 0 Å². The van der Waals surface area contributed by atoms with E-state index in [1.54, 1.807) is 0 Å². The van der Waals surface area contributed by atoms with Crippen molar-refractivity contribution in [1.29, 1.82) is 0 Å². The molecule has 108 valence electrons. The lowest BCUT2D eigenvalue weighted by Crippen LogP contribution is -2.21. The predicted octanol–water partition coefficient (Wildman–Crippen LogP) is 1.20. The summed E-state index contributed by atoms with van der Waals surface area (Å²) in [4.78, 5) is 29.5. The van der Waals surface area contributed by atoms with Crippen LogP contribution < -0.4 is 5.32 Å². The summed E-state index contributed by atoms with van der Waals surface area (Å²) in [6, 6.07) is 0.549. The maximum Gasteiger partial charge on any atom is 0.306 e. The number of nitrogens with one attached hydrogen (secondary N) is 1. The van der Waals surface area contributed by atoms with Crippen molar-refractivity contribution in [3.63, 3.8) is 0 Å². The monoisotopic (exact) mass is 286 g/mol. The summed E-state index contributed by atoms with van der Waals surface area (Å²) >= 11 is 0. The number of non-ortho nitro benzene ring substituents is 1. The summed E-state index contributed by atoms with van der Waals surface area (Å²) < 4.78 is 0. The molecule has 11 nitrogen and oxygen atoms in total. The molecule has 0 saturated carbocycles. The third kappa shape index (κ3) is 3.14. The quantitative estimate of drug-likeness (QED) is 0.582. The largest absolute Gasteiger partial charge is 0.394 e. The first-order chi connectivity index (χ1) is 9.27. The fraction of sp³-hybridized carbons (Fsp3) is 0.333. The molecule has 0 aliphatic carbocycles. The van der Waals surface area contributed by atoms with Crippen LogP contribution in [0.5, 0.6) is 0 Å². The lowest BCUT2D eigenvalue weighted by molar-refractivity contribution is -0.401. The Balaban J connectivity index is 3.55. The Hall–Kier alpha value is -2.82. The predicted molar refractivity (Wildman–Crippen MR) is 66.6 cm³/mol. The van der Waals surface area contributed by atoms with Gasteiger partial charge >= 0.3 is 11.4 Å². The molecule has 11 heteroatoms. The summed E-state index contributed by atoms with van der Waals surface area (Å²) in [6.07, 6.45) is 0. The average Bonchev–Trinajstić information content (AvgIpc) is 2.37. The molecule has 0 fully saturated rings. The Kier molecular flexibility index (Phi) is 4.48. The van der Waals surface area contributed by atoms with Crippen molar-refractivity contribution in [3.05, 3.63) is 42.5 Å². The van der Waals surface area contributed by atoms with Crippen LogP contribution >= 0.6 is 0 Å². The van der Waals surface area contributed by atoms with Crippen LogP contribution in [0.4, 0.5) is 22.7 Å². The lowest BCUT2D eigenvalue weighted by atomic mass is 10.2. The average molecular weight is 286 g/mol. The molecule has 1 aromatic carbocycles. The van der Waals surface area contributed by atoms with Gasteiger partial charge in [-0.15, -0.1) is 0 Å². The van der Waals surface area contributed by atoms with E-state index in [0.29, 0.717) is 12.1 Å². The van der Waals surface area contributed by atoms with Gasteiger partial charge in [0.25, 0.3) is 5.69 Å². The number of hydrogen-bond acceptors (Lipinski definition) is 8. The van der Waals surface area contributed by atoms with Gasteiger partial charge in [0.15, 0.2) is 5.69 Å². The minimum atomic E-state index is -0.966. The zero-order valence-corrected chi connectivity index (χ0v) is 10.2. The van der Waals surface area contributed by atoms with Crippen LogP contribution in [0.1, 0.15) is 6.92 Å². The Morgan fingerprint density at radius 1 is 1.10 bits per heavy atom. The minimum absolute atomic E-state index is 0.425. The highest BCUT2D eigenvalue weighted by Gasteiger charge is 2.31. The second kappa shape index (κ2) is 5.88. The summed E-state index contributed by atoms with van der Waals surface area (Å²) in [5.41, 5.74) is -2.84. The SMILES string of the molecule is CC(CO)Nc1c([N+](=O)[O-])cc([N+](=O)[O-])cc1[N+](=O)[O-]. The van der Waals surface area contributed by atoms with Crippen molar-refractivity contribution in [2.75, 3.05) is 11.9 Å². The smallest absolute Gasteiger partial charge is 0.306 e. The van der Waals surface area contributed by atoms with Crippen molar-refractivity contribution < 1.29 is 19.9 Å². The Labute approximate surface area is 111 Å². The Bertz CT molecular complexity index is 538. The molecule has 0 spiro atoms. The van der Waals surface area contributed by atoms with Crippen molar-refractivity contribution in [1.82, 2.24) is 0 Å². The molecule has 1 aromatic rings. The number of anilines is 1. The molecule has 0 amide bonds. The highest BCUT2D eigenvalue weighted by molar-refractivity contribution is 5.77. The molecule has 1 rings (SSSR count). The third-order valence-corrected chi connectivity index (χ3v) is 2.35. The Morgan fingerprint density at radius 3 is 1.85 bits per heavy atom. The van der Waals surface area contributed by atoms with Gasteiger partial charge in [-0.05, 0) is 6.92 Å². The van der Waals surface area contributed by atoms with Gasteiger partial charge in [0, 0.05) is 6.04 Å². The number of hydrogen-bond donors (Lipinski definition) is 2. The number of aliphatic hydroxyl groups is 1. The lowest BCUT2D eigenvalue weighted by Gasteiger charge is -2.12. The van der Waals surface area contributed by atoms with E-state index < -0.39 is 50.2 Å². The first-order valence-electron chi connectivity index (χ1n) is 5.26. The van der Waals surface area contributed by atoms with Gasteiger partial charge < -0.3 is 10.4 Å². The highest BCUT2D eigenvalue weighted by Crippen LogP contribution is 2.38. The van der Waals surface area contributed by atoms with Crippen molar-refractivity contribution in [2.45, 2.75) is 13.0 Å². The van der Waals surface area contributed by atoms with E-state index in [4.69, 9.17) is 5.11 Å². The van der Waals surface area contributed by atoms with Crippen LogP contribution in [0.25, 0.3) is 0 Å². The maximum absolute atomic E-state index is 10.9. The standard InChI is InChI=1S/C9H10N4O7/c1-5(4-14)10-9-7(12(17)18)2-6(11(15)16)3-8(9)13(19)20/h2-3,5,10,14H,4H2,1H3. The van der Waals surface area contributed by atoms with Crippen molar-refractivity contribution >= 4 is 22.7 Å². The molecule has 0 aliphatic rings. The first kappa shape index (κ1) is 15.2. The van der Waals surface area contributed by atoms with Crippen LogP contribution in [0.3, 0.4) is 0 Å². The molecule has 20 heavy (non-hydrogen) atoms. The summed E-state index contributed by atoms with van der Waals surface area (Å²) in [5.74, 6) is 0. The van der Waals surface area contributed by atoms with E-state index in [9.17, 15) is 30.3 Å². The molecule has 0 heterocycles. The molecule has 1 unspecified atom stereocenters. The molecular formula is C9H10N4O7. The van der Waals surface area contributed by atoms with E-state index in [2.05, 4.69) is 5.32 Å². The molecule has 0 bridgehead atoms. The fourth-order valence-electron chi connectivity index (χ4n) is 1.43. The van der Waals surface area contributed by atoms with E-state index in [-0.39, 0.29) is 0 Å². The zero-order valence-electron chi connectivity index (χ0n) is 10.2. The summed E-state index contributed by atoms with van der Waals surface area (Å²) in [7, 11) is 0. The molecular weight excluding hydrogens is 276 g/mol. The molecule has 2 N–H and O–H groups in total.